The van der Waals surface area contributed by atoms with Crippen LogP contribution in [0.4, 0.5) is 0 Å². The fourth-order valence-electron chi connectivity index (χ4n) is 2.83. The minimum Gasteiger partial charge on any atom is -0.487 e. The van der Waals surface area contributed by atoms with Gasteiger partial charge in [0.2, 0.25) is 5.78 Å². The van der Waals surface area contributed by atoms with Crippen LogP contribution in [0.2, 0.25) is 0 Å². The van der Waals surface area contributed by atoms with E-state index in [1.807, 2.05) is 26.8 Å². The molecule has 0 bridgehead atoms. The molecular weight excluding hydrogens is 274 g/mol. The number of rotatable bonds is 0. The van der Waals surface area contributed by atoms with Crippen LogP contribution in [0.1, 0.15) is 47.5 Å². The highest BCUT2D eigenvalue weighted by atomic mass is 16.5. The zero-order valence-electron chi connectivity index (χ0n) is 13.8. The average Bonchev–Trinajstić information content (AvgIpc) is 2.41. The molecule has 0 atom stereocenters. The van der Waals surface area contributed by atoms with E-state index >= 15 is 0 Å². The molecule has 0 fully saturated rings. The highest BCUT2D eigenvalue weighted by Gasteiger charge is 2.41. The summed E-state index contributed by atoms with van der Waals surface area (Å²) < 4.78 is 6.12. The van der Waals surface area contributed by atoms with E-state index in [4.69, 9.17) is 4.74 Å². The maximum atomic E-state index is 12.9. The second-order valence-corrected chi connectivity index (χ2v) is 7.52. The molecule has 2 aliphatic carbocycles. The van der Waals surface area contributed by atoms with Gasteiger partial charge in [-0.3, -0.25) is 9.79 Å². The van der Waals surface area contributed by atoms with Crippen LogP contribution in [0.5, 0.6) is 0 Å². The van der Waals surface area contributed by atoms with Crippen molar-refractivity contribution in [3.8, 4) is 0 Å². The lowest BCUT2D eigenvalue weighted by Gasteiger charge is -2.37. The molecule has 0 unspecified atom stereocenters. The fraction of sp³-hybridized carbons (Fsp3) is 0.474. The van der Waals surface area contributed by atoms with Gasteiger partial charge >= 0.3 is 0 Å². The maximum absolute atomic E-state index is 12.9. The molecule has 0 spiro atoms. The number of ketones is 1. The molecular formula is C19H21NO2. The molecule has 1 aliphatic heterocycles. The number of hydrogen-bond donors (Lipinski definition) is 0. The average molecular weight is 295 g/mol. The molecule has 114 valence electrons. The van der Waals surface area contributed by atoms with Crippen molar-refractivity contribution < 1.29 is 9.53 Å². The van der Waals surface area contributed by atoms with Gasteiger partial charge in [0.1, 0.15) is 17.1 Å². The largest absolute Gasteiger partial charge is 0.487 e. The molecule has 0 N–H and O–H groups in total. The smallest absolute Gasteiger partial charge is 0.211 e. The van der Waals surface area contributed by atoms with Gasteiger partial charge < -0.3 is 4.74 Å². The summed E-state index contributed by atoms with van der Waals surface area (Å²) in [6.07, 6.45) is 5.30. The summed E-state index contributed by atoms with van der Waals surface area (Å²) in [5.74, 6) is 0.679. The van der Waals surface area contributed by atoms with Crippen molar-refractivity contribution in [2.45, 2.75) is 58.6 Å². The number of ether oxygens (including phenoxy) is 1. The van der Waals surface area contributed by atoms with E-state index in [1.165, 1.54) is 0 Å². The lowest BCUT2D eigenvalue weighted by molar-refractivity contribution is -0.111. The van der Waals surface area contributed by atoms with E-state index in [9.17, 15) is 4.79 Å². The van der Waals surface area contributed by atoms with E-state index in [0.29, 0.717) is 17.0 Å². The summed E-state index contributed by atoms with van der Waals surface area (Å²) in [5.41, 5.74) is 8.27. The van der Waals surface area contributed by atoms with E-state index < -0.39 is 0 Å². The summed E-state index contributed by atoms with van der Waals surface area (Å²) in [7, 11) is 0. The van der Waals surface area contributed by atoms with Crippen LogP contribution in [-0.4, -0.2) is 22.6 Å². The first-order valence-electron chi connectivity index (χ1n) is 7.68. The van der Waals surface area contributed by atoms with Gasteiger partial charge in [0.15, 0.2) is 0 Å². The molecule has 0 saturated carbocycles. The molecule has 0 radical (unpaired) electrons. The molecule has 0 amide bonds. The molecule has 3 nitrogen and oxygen atoms in total. The van der Waals surface area contributed by atoms with Gasteiger partial charge in [0.05, 0.1) is 11.1 Å². The first kappa shape index (κ1) is 14.8. The van der Waals surface area contributed by atoms with E-state index in [0.717, 1.165) is 24.0 Å². The van der Waals surface area contributed by atoms with Crippen molar-refractivity contribution in [1.82, 2.24) is 0 Å². The zero-order valence-corrected chi connectivity index (χ0v) is 13.8. The van der Waals surface area contributed by atoms with Crippen molar-refractivity contribution in [2.24, 2.45) is 4.99 Å². The van der Waals surface area contributed by atoms with Gasteiger partial charge in [0.25, 0.3) is 0 Å². The molecule has 0 aromatic heterocycles. The quantitative estimate of drug-likeness (QED) is 0.637. The Balaban J connectivity index is 2.22. The van der Waals surface area contributed by atoms with E-state index in [2.05, 4.69) is 30.3 Å². The molecule has 3 rings (SSSR count). The third-order valence-corrected chi connectivity index (χ3v) is 3.85. The van der Waals surface area contributed by atoms with Crippen LogP contribution in [0, 0.1) is 0 Å². The fourth-order valence-corrected chi connectivity index (χ4v) is 2.83. The second-order valence-electron chi connectivity index (χ2n) is 7.52. The number of Topliss-reactive ketones (excluding diaryl/α,β-unsaturated/α-hetero) is 1. The summed E-state index contributed by atoms with van der Waals surface area (Å²) in [4.78, 5) is 17.6. The minimum absolute atomic E-state index is 0.0243. The predicted molar refractivity (Wildman–Crippen MR) is 86.8 cm³/mol. The Kier molecular flexibility index (Phi) is 3.18. The highest BCUT2D eigenvalue weighted by molar-refractivity contribution is 6.53. The SMILES string of the molecule is CC(C)(C)N=C1C(=O)C2=C(OC(C)(C)CC2)C2=CC=C=C=C21. The molecule has 0 saturated heterocycles. The monoisotopic (exact) mass is 295 g/mol. The number of allylic oxidation sites excluding steroid dienone is 4. The maximum Gasteiger partial charge on any atom is 0.211 e. The zero-order chi connectivity index (χ0) is 16.1. The van der Waals surface area contributed by atoms with E-state index in [-0.39, 0.29) is 16.9 Å². The number of fused-ring (bicyclic) bond motifs is 2. The summed E-state index contributed by atoms with van der Waals surface area (Å²) in [6, 6.07) is 0. The Labute approximate surface area is 131 Å². The van der Waals surface area contributed by atoms with Crippen LogP contribution >= 0.6 is 0 Å². The molecule has 0 aromatic rings. The van der Waals surface area contributed by atoms with Crippen molar-refractivity contribution in [1.29, 1.82) is 0 Å². The molecule has 3 heteroatoms. The number of carbonyl (C=O) groups is 1. The lowest BCUT2D eigenvalue weighted by atomic mass is 9.79. The Morgan fingerprint density at radius 3 is 2.73 bits per heavy atom. The Hall–Kier alpha value is -2.08. The number of nitrogens with zero attached hydrogens (tertiary/aromatic N) is 1. The first-order valence-corrected chi connectivity index (χ1v) is 7.68. The van der Waals surface area contributed by atoms with Gasteiger partial charge in [-0.05, 0) is 59.6 Å². The molecule has 0 aromatic carbocycles. The van der Waals surface area contributed by atoms with Crippen molar-refractivity contribution in [2.75, 3.05) is 0 Å². The second kappa shape index (κ2) is 4.71. The van der Waals surface area contributed by atoms with Crippen molar-refractivity contribution >= 4 is 11.5 Å². The first-order chi connectivity index (χ1) is 10.2. The lowest BCUT2D eigenvalue weighted by Crippen LogP contribution is -2.37. The van der Waals surface area contributed by atoms with Gasteiger partial charge in [-0.15, -0.1) is 0 Å². The van der Waals surface area contributed by atoms with Gasteiger partial charge in [-0.2, -0.15) is 0 Å². The van der Waals surface area contributed by atoms with Crippen molar-refractivity contribution in [3.05, 3.63) is 46.1 Å². The standard InChI is InChI=1S/C19H21NO2/c1-18(2,3)20-15-12-8-6-7-9-13(12)17-14(16(15)21)10-11-19(4,5)22-17/h7,9H,10-11H2,1-5H3. The molecule has 22 heavy (non-hydrogen) atoms. The molecule has 1 heterocycles. The topological polar surface area (TPSA) is 38.7 Å². The van der Waals surface area contributed by atoms with Crippen LogP contribution in [0.25, 0.3) is 0 Å². The van der Waals surface area contributed by atoms with Crippen LogP contribution in [-0.2, 0) is 9.53 Å². The van der Waals surface area contributed by atoms with Gasteiger partial charge in [0, 0.05) is 11.1 Å². The number of aliphatic imine (C=N–C) groups is 1. The van der Waals surface area contributed by atoms with Crippen LogP contribution in [0.15, 0.2) is 51.1 Å². The Bertz CT molecular complexity index is 754. The predicted octanol–water partition coefficient (Wildman–Crippen LogP) is 3.83. The van der Waals surface area contributed by atoms with Crippen molar-refractivity contribution in [3.63, 3.8) is 0 Å². The highest BCUT2D eigenvalue weighted by Crippen LogP contribution is 2.41. The van der Waals surface area contributed by atoms with Crippen LogP contribution < -0.4 is 0 Å². The molecule has 3 aliphatic rings. The third kappa shape index (κ3) is 2.54. The number of carbonyl (C=O) groups excluding carboxylic acids is 1. The normalized spacial score (nSPS) is 24.6. The third-order valence-electron chi connectivity index (χ3n) is 3.85. The summed E-state index contributed by atoms with van der Waals surface area (Å²) in [5, 5.41) is 0. The Morgan fingerprint density at radius 1 is 1.32 bits per heavy atom. The minimum atomic E-state index is -0.321. The van der Waals surface area contributed by atoms with Gasteiger partial charge in [-0.1, -0.05) is 11.5 Å². The van der Waals surface area contributed by atoms with E-state index in [1.54, 1.807) is 6.08 Å². The Morgan fingerprint density at radius 2 is 2.05 bits per heavy atom. The summed E-state index contributed by atoms with van der Waals surface area (Å²) in [6.45, 7) is 10.1. The van der Waals surface area contributed by atoms with Crippen LogP contribution in [0.3, 0.4) is 0 Å². The summed E-state index contributed by atoms with van der Waals surface area (Å²) >= 11 is 0. The number of hydrogen-bond acceptors (Lipinski definition) is 3. The van der Waals surface area contributed by atoms with Gasteiger partial charge in [-0.25, -0.2) is 0 Å².